The van der Waals surface area contributed by atoms with E-state index in [1.165, 1.54) is 6.07 Å². The number of H-pyrrole nitrogens is 1. The number of imidazole rings is 1. The molecule has 1 aromatic carbocycles. The minimum atomic E-state index is -3.56. The standard InChI is InChI=1S/C18H22N4O3S3/c1-26-12-9-15(18-21-13-5-2-3-6-14(13)22-18)20-16(23)8-10-19-28(24,25)17-7-4-11-27-17/h2-7,11,15,19H,8-10,12H2,1H3,(H,20,23)(H,21,22). The van der Waals surface area contributed by atoms with Crippen LogP contribution in [0.4, 0.5) is 0 Å². The van der Waals surface area contributed by atoms with E-state index in [-0.39, 0.29) is 29.1 Å². The van der Waals surface area contributed by atoms with Crippen molar-refractivity contribution in [2.75, 3.05) is 18.6 Å². The van der Waals surface area contributed by atoms with Crippen molar-refractivity contribution in [1.82, 2.24) is 20.0 Å². The molecule has 28 heavy (non-hydrogen) atoms. The zero-order chi connectivity index (χ0) is 20.0. The van der Waals surface area contributed by atoms with E-state index in [0.717, 1.165) is 34.5 Å². The second-order valence-corrected chi connectivity index (χ2v) is 10.0. The average molecular weight is 439 g/mol. The highest BCUT2D eigenvalue weighted by Gasteiger charge is 2.19. The molecule has 0 aliphatic carbocycles. The number of hydrogen-bond donors (Lipinski definition) is 3. The smallest absolute Gasteiger partial charge is 0.250 e. The minimum absolute atomic E-state index is 0.0431. The zero-order valence-electron chi connectivity index (χ0n) is 15.3. The van der Waals surface area contributed by atoms with Crippen LogP contribution >= 0.6 is 23.1 Å². The van der Waals surface area contributed by atoms with E-state index >= 15 is 0 Å². The lowest BCUT2D eigenvalue weighted by Crippen LogP contribution is -2.33. The fourth-order valence-corrected chi connectivity index (χ4v) is 5.24. The van der Waals surface area contributed by atoms with E-state index in [0.29, 0.717) is 5.82 Å². The molecule has 10 heteroatoms. The number of carbonyl (C=O) groups is 1. The number of sulfonamides is 1. The van der Waals surface area contributed by atoms with Crippen LogP contribution in [0, 0.1) is 0 Å². The summed E-state index contributed by atoms with van der Waals surface area (Å²) in [5.74, 6) is 1.36. The Labute approximate surface area is 172 Å². The number of carbonyl (C=O) groups excluding carboxylic acids is 1. The van der Waals surface area contributed by atoms with E-state index in [2.05, 4.69) is 20.0 Å². The summed E-state index contributed by atoms with van der Waals surface area (Å²) in [7, 11) is -3.56. The fraction of sp³-hybridized carbons (Fsp3) is 0.333. The lowest BCUT2D eigenvalue weighted by Gasteiger charge is -2.16. The molecular weight excluding hydrogens is 416 g/mol. The van der Waals surface area contributed by atoms with Gasteiger partial charge in [0, 0.05) is 13.0 Å². The number of nitrogens with one attached hydrogen (secondary N) is 3. The van der Waals surface area contributed by atoms with Crippen molar-refractivity contribution in [2.45, 2.75) is 23.1 Å². The maximum atomic E-state index is 12.4. The van der Waals surface area contributed by atoms with Gasteiger partial charge in [-0.1, -0.05) is 18.2 Å². The monoisotopic (exact) mass is 438 g/mol. The zero-order valence-corrected chi connectivity index (χ0v) is 17.8. The molecule has 1 atom stereocenters. The number of para-hydroxylation sites is 2. The third kappa shape index (κ3) is 5.34. The van der Waals surface area contributed by atoms with Crippen LogP contribution in [0.15, 0.2) is 46.0 Å². The first-order valence-electron chi connectivity index (χ1n) is 8.76. The van der Waals surface area contributed by atoms with Crippen molar-refractivity contribution < 1.29 is 13.2 Å². The molecule has 2 aromatic heterocycles. The van der Waals surface area contributed by atoms with Gasteiger partial charge in [-0.05, 0) is 42.0 Å². The van der Waals surface area contributed by atoms with Crippen LogP contribution < -0.4 is 10.0 Å². The number of benzene rings is 1. The molecule has 0 saturated heterocycles. The number of fused-ring (bicyclic) bond motifs is 1. The molecule has 7 nitrogen and oxygen atoms in total. The summed E-state index contributed by atoms with van der Waals surface area (Å²) in [6, 6.07) is 10.7. The van der Waals surface area contributed by atoms with Gasteiger partial charge in [0.15, 0.2) is 0 Å². The van der Waals surface area contributed by atoms with Crippen LogP contribution in [0.3, 0.4) is 0 Å². The molecule has 3 rings (SSSR count). The SMILES string of the molecule is CSCCC(NC(=O)CCNS(=O)(=O)c1cccs1)c1nc2ccccc2[nH]1. The van der Waals surface area contributed by atoms with Gasteiger partial charge in [-0.2, -0.15) is 11.8 Å². The molecule has 0 fully saturated rings. The molecule has 150 valence electrons. The Bertz CT molecular complexity index is 983. The van der Waals surface area contributed by atoms with Gasteiger partial charge in [0.2, 0.25) is 15.9 Å². The topological polar surface area (TPSA) is 104 Å². The second-order valence-electron chi connectivity index (χ2n) is 6.12. The van der Waals surface area contributed by atoms with Gasteiger partial charge in [0.1, 0.15) is 10.0 Å². The van der Waals surface area contributed by atoms with Gasteiger partial charge >= 0.3 is 0 Å². The minimum Gasteiger partial charge on any atom is -0.346 e. The highest BCUT2D eigenvalue weighted by Crippen LogP contribution is 2.20. The first-order valence-corrected chi connectivity index (χ1v) is 12.5. The number of thiophene rings is 1. The first-order chi connectivity index (χ1) is 13.5. The lowest BCUT2D eigenvalue weighted by molar-refractivity contribution is -0.121. The summed E-state index contributed by atoms with van der Waals surface area (Å²) >= 11 is 2.84. The largest absolute Gasteiger partial charge is 0.346 e. The molecule has 0 spiro atoms. The number of nitrogens with zero attached hydrogens (tertiary/aromatic N) is 1. The van der Waals surface area contributed by atoms with Crippen molar-refractivity contribution >= 4 is 50.1 Å². The number of hydrogen-bond acceptors (Lipinski definition) is 6. The number of aromatic nitrogens is 2. The van der Waals surface area contributed by atoms with Crippen molar-refractivity contribution in [3.8, 4) is 0 Å². The second kappa shape index (κ2) is 9.55. The van der Waals surface area contributed by atoms with E-state index in [4.69, 9.17) is 0 Å². The van der Waals surface area contributed by atoms with E-state index in [1.54, 1.807) is 23.2 Å². The third-order valence-electron chi connectivity index (χ3n) is 4.09. The van der Waals surface area contributed by atoms with Crippen LogP contribution in [0.25, 0.3) is 11.0 Å². The number of aromatic amines is 1. The summed E-state index contributed by atoms with van der Waals surface area (Å²) < 4.78 is 26.9. The van der Waals surface area contributed by atoms with Gasteiger partial charge in [0.05, 0.1) is 17.1 Å². The summed E-state index contributed by atoms with van der Waals surface area (Å²) in [6.07, 6.45) is 2.80. The molecule has 0 aliphatic rings. The van der Waals surface area contributed by atoms with Crippen LogP contribution in [0.5, 0.6) is 0 Å². The van der Waals surface area contributed by atoms with Gasteiger partial charge in [0.25, 0.3) is 0 Å². The Morgan fingerprint density at radius 1 is 1.29 bits per heavy atom. The highest BCUT2D eigenvalue weighted by molar-refractivity contribution is 7.98. The molecule has 0 bridgehead atoms. The van der Waals surface area contributed by atoms with Crippen molar-refractivity contribution in [1.29, 1.82) is 0 Å². The molecule has 3 aromatic rings. The predicted octanol–water partition coefficient (Wildman–Crippen LogP) is 2.90. The van der Waals surface area contributed by atoms with Gasteiger partial charge in [-0.15, -0.1) is 11.3 Å². The van der Waals surface area contributed by atoms with Gasteiger partial charge in [-0.3, -0.25) is 4.79 Å². The lowest BCUT2D eigenvalue weighted by atomic mass is 10.2. The van der Waals surface area contributed by atoms with Crippen molar-refractivity contribution in [3.63, 3.8) is 0 Å². The first kappa shape index (κ1) is 20.8. The van der Waals surface area contributed by atoms with E-state index in [1.807, 2.05) is 30.5 Å². The predicted molar refractivity (Wildman–Crippen MR) is 114 cm³/mol. The highest BCUT2D eigenvalue weighted by atomic mass is 32.2. The maximum Gasteiger partial charge on any atom is 0.250 e. The summed E-state index contributed by atoms with van der Waals surface area (Å²) in [5.41, 5.74) is 1.77. The van der Waals surface area contributed by atoms with Crippen LogP contribution in [0.2, 0.25) is 0 Å². The molecule has 3 N–H and O–H groups in total. The molecule has 0 aliphatic heterocycles. The average Bonchev–Trinajstić information content (AvgIpc) is 3.34. The molecule has 0 saturated carbocycles. The summed E-state index contributed by atoms with van der Waals surface area (Å²) in [4.78, 5) is 20.2. The van der Waals surface area contributed by atoms with Crippen molar-refractivity contribution in [2.24, 2.45) is 0 Å². The number of thioether (sulfide) groups is 1. The van der Waals surface area contributed by atoms with Crippen LogP contribution in [0.1, 0.15) is 24.7 Å². The summed E-state index contributed by atoms with van der Waals surface area (Å²) in [6.45, 7) is 0.0431. The Morgan fingerprint density at radius 3 is 2.82 bits per heavy atom. The van der Waals surface area contributed by atoms with E-state index < -0.39 is 10.0 Å². The van der Waals surface area contributed by atoms with Crippen molar-refractivity contribution in [3.05, 3.63) is 47.6 Å². The maximum absolute atomic E-state index is 12.4. The van der Waals surface area contributed by atoms with Gasteiger partial charge in [-0.25, -0.2) is 18.1 Å². The fourth-order valence-electron chi connectivity index (χ4n) is 2.70. The third-order valence-corrected chi connectivity index (χ3v) is 7.59. The summed E-state index contributed by atoms with van der Waals surface area (Å²) in [5, 5.41) is 4.67. The van der Waals surface area contributed by atoms with E-state index in [9.17, 15) is 13.2 Å². The molecule has 1 amide bonds. The molecule has 1 unspecified atom stereocenters. The van der Waals surface area contributed by atoms with Crippen LogP contribution in [-0.4, -0.2) is 42.8 Å². The molecule has 0 radical (unpaired) electrons. The van der Waals surface area contributed by atoms with Crippen LogP contribution in [-0.2, 0) is 14.8 Å². The molecule has 2 heterocycles. The number of amides is 1. The molecular formula is C18H22N4O3S3. The normalized spacial score (nSPS) is 12.9. The Hall–Kier alpha value is -1.88. The Morgan fingerprint density at radius 2 is 2.11 bits per heavy atom. The number of rotatable bonds is 10. The Balaban J connectivity index is 1.60. The Kier molecular flexibility index (Phi) is 7.11. The quantitative estimate of drug-likeness (QED) is 0.452. The van der Waals surface area contributed by atoms with Gasteiger partial charge < -0.3 is 10.3 Å².